The Morgan fingerprint density at radius 3 is 2.31 bits per heavy atom. The molecule has 29 heavy (non-hydrogen) atoms. The van der Waals surface area contributed by atoms with E-state index in [-0.39, 0.29) is 5.78 Å². The van der Waals surface area contributed by atoms with Crippen LogP contribution >= 0.6 is 0 Å². The van der Waals surface area contributed by atoms with E-state index in [1.807, 2.05) is 67.7 Å². The number of piperazine rings is 1. The molecule has 5 heteroatoms. The third kappa shape index (κ3) is 5.61. The van der Waals surface area contributed by atoms with Gasteiger partial charge in [-0.15, -0.1) is 0 Å². The second-order valence-corrected chi connectivity index (χ2v) is 7.56. The largest absolute Gasteiger partial charge is 0.495 e. The number of hydrogen-bond acceptors (Lipinski definition) is 5. The SMILES string of the molecule is COc1ccccc1N1CCN(CCC(=CN(C)C)C(=O)c2ccccc2)CC1. The Balaban J connectivity index is 1.58. The molecule has 0 aromatic heterocycles. The molecule has 0 aliphatic carbocycles. The molecule has 0 bridgehead atoms. The Kier molecular flexibility index (Phi) is 7.30. The van der Waals surface area contributed by atoms with Gasteiger partial charge in [-0.25, -0.2) is 0 Å². The van der Waals surface area contributed by atoms with Crippen molar-refractivity contribution in [3.05, 3.63) is 71.9 Å². The molecular weight excluding hydrogens is 362 g/mol. The van der Waals surface area contributed by atoms with Crippen LogP contribution < -0.4 is 9.64 Å². The number of hydrogen-bond donors (Lipinski definition) is 0. The average molecular weight is 394 g/mol. The zero-order chi connectivity index (χ0) is 20.6. The van der Waals surface area contributed by atoms with Gasteiger partial charge >= 0.3 is 0 Å². The van der Waals surface area contributed by atoms with Crippen molar-refractivity contribution < 1.29 is 9.53 Å². The minimum atomic E-state index is 0.118. The first-order chi connectivity index (χ1) is 14.1. The molecule has 0 amide bonds. The Labute approximate surface area is 174 Å². The molecule has 3 rings (SSSR count). The first kappa shape index (κ1) is 20.9. The zero-order valence-electron chi connectivity index (χ0n) is 17.7. The van der Waals surface area contributed by atoms with Crippen molar-refractivity contribution in [2.45, 2.75) is 6.42 Å². The fraction of sp³-hybridized carbons (Fsp3) is 0.375. The van der Waals surface area contributed by atoms with Gasteiger partial charge in [-0.2, -0.15) is 0 Å². The third-order valence-corrected chi connectivity index (χ3v) is 5.24. The van der Waals surface area contributed by atoms with Crippen LogP contribution in [0.1, 0.15) is 16.8 Å². The molecule has 0 spiro atoms. The van der Waals surface area contributed by atoms with Crippen LogP contribution in [0.3, 0.4) is 0 Å². The number of carbonyl (C=O) groups is 1. The maximum atomic E-state index is 12.9. The Morgan fingerprint density at radius 2 is 1.66 bits per heavy atom. The van der Waals surface area contributed by atoms with Crippen LogP contribution in [0.25, 0.3) is 0 Å². The van der Waals surface area contributed by atoms with E-state index in [2.05, 4.69) is 21.9 Å². The van der Waals surface area contributed by atoms with E-state index < -0.39 is 0 Å². The monoisotopic (exact) mass is 393 g/mol. The summed E-state index contributed by atoms with van der Waals surface area (Å²) in [5, 5.41) is 0. The van der Waals surface area contributed by atoms with E-state index in [0.29, 0.717) is 0 Å². The van der Waals surface area contributed by atoms with Crippen LogP contribution in [-0.2, 0) is 0 Å². The van der Waals surface area contributed by atoms with Crippen LogP contribution in [0.5, 0.6) is 5.75 Å². The molecule has 1 saturated heterocycles. The lowest BCUT2D eigenvalue weighted by Crippen LogP contribution is -2.46. The molecule has 2 aromatic carbocycles. The molecule has 1 heterocycles. The summed E-state index contributed by atoms with van der Waals surface area (Å²) in [6.45, 7) is 4.76. The van der Waals surface area contributed by atoms with Gasteiger partial charge in [0.15, 0.2) is 5.78 Å². The Bertz CT molecular complexity index is 825. The molecule has 5 nitrogen and oxygen atoms in total. The molecule has 0 atom stereocenters. The van der Waals surface area contributed by atoms with Crippen LogP contribution in [0.15, 0.2) is 66.4 Å². The van der Waals surface area contributed by atoms with Crippen molar-refractivity contribution in [1.29, 1.82) is 0 Å². The molecule has 154 valence electrons. The van der Waals surface area contributed by atoms with Crippen LogP contribution in [0.2, 0.25) is 0 Å². The van der Waals surface area contributed by atoms with Crippen molar-refractivity contribution in [2.75, 3.05) is 58.8 Å². The van der Waals surface area contributed by atoms with Gasteiger partial charge < -0.3 is 14.5 Å². The average Bonchev–Trinajstić information content (AvgIpc) is 2.77. The van der Waals surface area contributed by atoms with Crippen molar-refractivity contribution in [2.24, 2.45) is 0 Å². The molecule has 0 unspecified atom stereocenters. The number of carbonyl (C=O) groups excluding carboxylic acids is 1. The van der Waals surface area contributed by atoms with Gasteiger partial charge in [0.05, 0.1) is 12.8 Å². The number of Topliss-reactive ketones (excluding diaryl/α,β-unsaturated/α-hetero) is 1. The topological polar surface area (TPSA) is 36.0 Å². The quantitative estimate of drug-likeness (QED) is 0.506. The summed E-state index contributed by atoms with van der Waals surface area (Å²) in [4.78, 5) is 19.7. The first-order valence-corrected chi connectivity index (χ1v) is 10.2. The smallest absolute Gasteiger partial charge is 0.190 e. The number of nitrogens with zero attached hydrogens (tertiary/aromatic N) is 3. The number of rotatable bonds is 8. The van der Waals surface area contributed by atoms with Gasteiger partial charge in [-0.3, -0.25) is 9.69 Å². The maximum absolute atomic E-state index is 12.9. The predicted molar refractivity (Wildman–Crippen MR) is 119 cm³/mol. The summed E-state index contributed by atoms with van der Waals surface area (Å²) >= 11 is 0. The van der Waals surface area contributed by atoms with Gasteiger partial charge in [-0.1, -0.05) is 42.5 Å². The number of methoxy groups -OCH3 is 1. The Morgan fingerprint density at radius 1 is 1.00 bits per heavy atom. The maximum Gasteiger partial charge on any atom is 0.190 e. The van der Waals surface area contributed by atoms with Crippen molar-refractivity contribution in [3.63, 3.8) is 0 Å². The third-order valence-electron chi connectivity index (χ3n) is 5.24. The van der Waals surface area contributed by atoms with Gasteiger partial charge in [0.2, 0.25) is 0 Å². The summed E-state index contributed by atoms with van der Waals surface area (Å²) in [5.74, 6) is 1.04. The number of benzene rings is 2. The van der Waals surface area contributed by atoms with E-state index >= 15 is 0 Å². The lowest BCUT2D eigenvalue weighted by atomic mass is 10.0. The zero-order valence-corrected chi connectivity index (χ0v) is 17.7. The summed E-state index contributed by atoms with van der Waals surface area (Å²) < 4.78 is 5.50. The molecule has 1 fully saturated rings. The van der Waals surface area contributed by atoms with Crippen LogP contribution in [0, 0.1) is 0 Å². The van der Waals surface area contributed by atoms with E-state index in [4.69, 9.17) is 4.74 Å². The van der Waals surface area contributed by atoms with Crippen molar-refractivity contribution in [1.82, 2.24) is 9.80 Å². The number of para-hydroxylation sites is 2. The molecule has 1 aliphatic heterocycles. The van der Waals surface area contributed by atoms with E-state index in [1.54, 1.807) is 7.11 Å². The summed E-state index contributed by atoms with van der Waals surface area (Å²) in [6, 6.07) is 17.7. The summed E-state index contributed by atoms with van der Waals surface area (Å²) in [5.41, 5.74) is 2.76. The number of ether oxygens (including phenoxy) is 1. The second-order valence-electron chi connectivity index (χ2n) is 7.56. The highest BCUT2D eigenvalue weighted by Crippen LogP contribution is 2.28. The highest BCUT2D eigenvalue weighted by Gasteiger charge is 2.20. The van der Waals surface area contributed by atoms with E-state index in [0.717, 1.165) is 61.7 Å². The standard InChI is InChI=1S/C24H31N3O2/c1-25(2)19-21(24(28)20-9-5-4-6-10-20)13-14-26-15-17-27(18-16-26)22-11-7-8-12-23(22)29-3/h4-12,19H,13-18H2,1-3H3. The van der Waals surface area contributed by atoms with Crippen LogP contribution in [0.4, 0.5) is 5.69 Å². The van der Waals surface area contributed by atoms with Gasteiger partial charge in [-0.05, 0) is 18.6 Å². The fourth-order valence-electron chi connectivity index (χ4n) is 3.71. The highest BCUT2D eigenvalue weighted by atomic mass is 16.5. The lowest BCUT2D eigenvalue weighted by molar-refractivity contribution is 0.102. The predicted octanol–water partition coefficient (Wildman–Crippen LogP) is 3.54. The highest BCUT2D eigenvalue weighted by molar-refractivity contribution is 6.08. The molecular formula is C24H31N3O2. The van der Waals surface area contributed by atoms with E-state index in [9.17, 15) is 4.79 Å². The minimum Gasteiger partial charge on any atom is -0.495 e. The Hall–Kier alpha value is -2.79. The first-order valence-electron chi connectivity index (χ1n) is 10.2. The molecule has 2 aromatic rings. The molecule has 1 aliphatic rings. The second kappa shape index (κ2) is 10.1. The van der Waals surface area contributed by atoms with E-state index in [1.165, 1.54) is 0 Å². The van der Waals surface area contributed by atoms with Crippen molar-refractivity contribution in [3.8, 4) is 5.75 Å². The van der Waals surface area contributed by atoms with Gasteiger partial charge in [0, 0.05) is 64.2 Å². The molecule has 0 N–H and O–H groups in total. The molecule has 0 saturated carbocycles. The van der Waals surface area contributed by atoms with Crippen LogP contribution in [-0.4, -0.2) is 69.5 Å². The lowest BCUT2D eigenvalue weighted by Gasteiger charge is -2.36. The molecule has 0 radical (unpaired) electrons. The summed E-state index contributed by atoms with van der Waals surface area (Å²) in [7, 11) is 5.64. The van der Waals surface area contributed by atoms with Gasteiger partial charge in [0.25, 0.3) is 0 Å². The minimum absolute atomic E-state index is 0.118. The normalized spacial score (nSPS) is 15.3. The summed E-state index contributed by atoms with van der Waals surface area (Å²) in [6.07, 6.45) is 2.71. The number of anilines is 1. The van der Waals surface area contributed by atoms with Gasteiger partial charge in [0.1, 0.15) is 5.75 Å². The van der Waals surface area contributed by atoms with Crippen molar-refractivity contribution >= 4 is 11.5 Å². The number of ketones is 1. The fourth-order valence-corrected chi connectivity index (χ4v) is 3.71.